The third-order valence-electron chi connectivity index (χ3n) is 3.14. The zero-order valence-corrected chi connectivity index (χ0v) is 16.4. The van der Waals surface area contributed by atoms with Gasteiger partial charge in [-0.3, -0.25) is 9.67 Å². The molecule has 122 valence electrons. The van der Waals surface area contributed by atoms with E-state index in [4.69, 9.17) is 0 Å². The van der Waals surface area contributed by atoms with Crippen LogP contribution in [0.15, 0.2) is 11.3 Å². The Kier molecular flexibility index (Phi) is 8.84. The molecular weight excluding hydrogens is 379 g/mol. The molecule has 0 fully saturated rings. The van der Waals surface area contributed by atoms with Crippen molar-refractivity contribution in [1.29, 1.82) is 0 Å². The normalized spacial score (nSPS) is 12.0. The van der Waals surface area contributed by atoms with Gasteiger partial charge in [0.25, 0.3) is 0 Å². The summed E-state index contributed by atoms with van der Waals surface area (Å²) in [5.41, 5.74) is 0.385. The Morgan fingerprint density at radius 2 is 2.10 bits per heavy atom. The Morgan fingerprint density at radius 3 is 2.57 bits per heavy atom. The zero-order valence-electron chi connectivity index (χ0n) is 14.1. The minimum atomic E-state index is 0. The van der Waals surface area contributed by atoms with Gasteiger partial charge in [0.05, 0.1) is 6.54 Å². The number of guanidine groups is 1. The molecule has 1 heterocycles. The highest BCUT2D eigenvalue weighted by Crippen LogP contribution is 2.19. The summed E-state index contributed by atoms with van der Waals surface area (Å²) in [6.07, 6.45) is 3.91. The van der Waals surface area contributed by atoms with Crippen molar-refractivity contribution in [3.63, 3.8) is 0 Å². The number of aromatic nitrogens is 3. The van der Waals surface area contributed by atoms with Crippen molar-refractivity contribution in [1.82, 2.24) is 25.0 Å². The minimum absolute atomic E-state index is 0. The summed E-state index contributed by atoms with van der Waals surface area (Å²) in [5.74, 6) is 1.81. The number of hydrogen-bond donors (Lipinski definition) is 1. The molecule has 0 spiro atoms. The van der Waals surface area contributed by atoms with Crippen molar-refractivity contribution in [2.75, 3.05) is 20.6 Å². The average molecular weight is 408 g/mol. The molecule has 7 heteroatoms. The molecule has 0 aliphatic heterocycles. The molecule has 0 aliphatic carbocycles. The van der Waals surface area contributed by atoms with Crippen LogP contribution in [0.4, 0.5) is 0 Å². The van der Waals surface area contributed by atoms with Gasteiger partial charge < -0.3 is 10.2 Å². The second kappa shape index (κ2) is 9.22. The predicted octanol–water partition coefficient (Wildman–Crippen LogP) is 2.27. The number of halogens is 1. The molecule has 21 heavy (non-hydrogen) atoms. The first-order valence-corrected chi connectivity index (χ1v) is 7.08. The van der Waals surface area contributed by atoms with E-state index in [1.54, 1.807) is 18.1 Å². The zero-order chi connectivity index (χ0) is 15.2. The molecule has 1 N–H and O–H groups in total. The van der Waals surface area contributed by atoms with E-state index in [0.29, 0.717) is 12.0 Å². The van der Waals surface area contributed by atoms with E-state index in [1.807, 2.05) is 14.1 Å². The molecule has 0 aromatic carbocycles. The monoisotopic (exact) mass is 408 g/mol. The van der Waals surface area contributed by atoms with Crippen LogP contribution in [0, 0.1) is 5.41 Å². The second-order valence-electron chi connectivity index (χ2n) is 6.29. The molecule has 0 atom stereocenters. The summed E-state index contributed by atoms with van der Waals surface area (Å²) in [5, 5.41) is 7.47. The third kappa shape index (κ3) is 7.63. The number of rotatable bonds is 5. The molecule has 1 rings (SSSR count). The van der Waals surface area contributed by atoms with Gasteiger partial charge in [0.15, 0.2) is 5.96 Å². The molecular formula is C14H29IN6. The fourth-order valence-electron chi connectivity index (χ4n) is 1.95. The highest BCUT2D eigenvalue weighted by molar-refractivity contribution is 14.0. The SMILES string of the molecule is CN=C(NCCCC(C)(C)C)N(C)Cc1ncnn1C.I. The Hall–Kier alpha value is -0.860. The van der Waals surface area contributed by atoms with Crippen LogP contribution in [-0.2, 0) is 13.6 Å². The first-order valence-electron chi connectivity index (χ1n) is 7.08. The molecule has 0 radical (unpaired) electrons. The number of hydrogen-bond acceptors (Lipinski definition) is 3. The van der Waals surface area contributed by atoms with Crippen molar-refractivity contribution in [3.8, 4) is 0 Å². The van der Waals surface area contributed by atoms with E-state index in [1.165, 1.54) is 6.42 Å². The van der Waals surface area contributed by atoms with Gasteiger partial charge in [0, 0.05) is 27.7 Å². The predicted molar refractivity (Wildman–Crippen MR) is 97.9 cm³/mol. The van der Waals surface area contributed by atoms with Gasteiger partial charge in [-0.15, -0.1) is 24.0 Å². The van der Waals surface area contributed by atoms with Crippen molar-refractivity contribution < 1.29 is 0 Å². The van der Waals surface area contributed by atoms with E-state index in [2.05, 4.69) is 46.1 Å². The van der Waals surface area contributed by atoms with Crippen molar-refractivity contribution in [2.45, 2.75) is 40.2 Å². The molecule has 6 nitrogen and oxygen atoms in total. The Balaban J connectivity index is 0.00000400. The number of nitrogens with one attached hydrogen (secondary N) is 1. The van der Waals surface area contributed by atoms with Gasteiger partial charge in [-0.05, 0) is 18.3 Å². The van der Waals surface area contributed by atoms with Crippen LogP contribution in [-0.4, -0.2) is 46.3 Å². The standard InChI is InChI=1S/C14H28N6.HI/c1-14(2,3)8-7-9-16-13(15-4)19(5)10-12-17-11-18-20(12)6;/h11H,7-10H2,1-6H3,(H,15,16);1H. The maximum atomic E-state index is 4.31. The van der Waals surface area contributed by atoms with Crippen LogP contribution in [0.3, 0.4) is 0 Å². The fourth-order valence-corrected chi connectivity index (χ4v) is 1.95. The van der Waals surface area contributed by atoms with Gasteiger partial charge in [-0.25, -0.2) is 4.98 Å². The number of aliphatic imine (C=N–C) groups is 1. The maximum absolute atomic E-state index is 4.31. The minimum Gasteiger partial charge on any atom is -0.356 e. The smallest absolute Gasteiger partial charge is 0.193 e. The Labute approximate surface area is 145 Å². The van der Waals surface area contributed by atoms with E-state index < -0.39 is 0 Å². The van der Waals surface area contributed by atoms with Crippen molar-refractivity contribution >= 4 is 29.9 Å². The van der Waals surface area contributed by atoms with Crippen LogP contribution < -0.4 is 5.32 Å². The lowest BCUT2D eigenvalue weighted by atomic mass is 9.91. The lowest BCUT2D eigenvalue weighted by Crippen LogP contribution is -2.39. The maximum Gasteiger partial charge on any atom is 0.193 e. The summed E-state index contributed by atoms with van der Waals surface area (Å²) in [4.78, 5) is 10.6. The van der Waals surface area contributed by atoms with Crippen LogP contribution in [0.5, 0.6) is 0 Å². The molecule has 0 saturated carbocycles. The average Bonchev–Trinajstić information content (AvgIpc) is 2.73. The Morgan fingerprint density at radius 1 is 1.43 bits per heavy atom. The van der Waals surface area contributed by atoms with Crippen LogP contribution in [0.2, 0.25) is 0 Å². The fraction of sp³-hybridized carbons (Fsp3) is 0.786. The molecule has 0 bridgehead atoms. The highest BCUT2D eigenvalue weighted by Gasteiger charge is 2.11. The van der Waals surface area contributed by atoms with Crippen LogP contribution in [0.25, 0.3) is 0 Å². The van der Waals surface area contributed by atoms with Gasteiger partial charge in [0.1, 0.15) is 12.2 Å². The summed E-state index contributed by atoms with van der Waals surface area (Å²) in [6.45, 7) is 8.43. The van der Waals surface area contributed by atoms with Crippen molar-refractivity contribution in [2.24, 2.45) is 17.5 Å². The van der Waals surface area contributed by atoms with Gasteiger partial charge in [-0.2, -0.15) is 5.10 Å². The summed E-state index contributed by atoms with van der Waals surface area (Å²) >= 11 is 0. The van der Waals surface area contributed by atoms with E-state index in [9.17, 15) is 0 Å². The summed E-state index contributed by atoms with van der Waals surface area (Å²) in [7, 11) is 5.71. The highest BCUT2D eigenvalue weighted by atomic mass is 127. The third-order valence-corrected chi connectivity index (χ3v) is 3.14. The number of aryl methyl sites for hydroxylation is 1. The first-order chi connectivity index (χ1) is 9.33. The lowest BCUT2D eigenvalue weighted by Gasteiger charge is -2.23. The lowest BCUT2D eigenvalue weighted by molar-refractivity contribution is 0.363. The van der Waals surface area contributed by atoms with E-state index >= 15 is 0 Å². The van der Waals surface area contributed by atoms with E-state index in [-0.39, 0.29) is 24.0 Å². The molecule has 0 unspecified atom stereocenters. The molecule has 1 aromatic heterocycles. The van der Waals surface area contributed by atoms with Crippen LogP contribution >= 0.6 is 24.0 Å². The molecule has 0 aliphatic rings. The summed E-state index contributed by atoms with van der Waals surface area (Å²) < 4.78 is 1.78. The number of nitrogens with zero attached hydrogens (tertiary/aromatic N) is 5. The second-order valence-corrected chi connectivity index (χ2v) is 6.29. The quantitative estimate of drug-likeness (QED) is 0.352. The van der Waals surface area contributed by atoms with Gasteiger partial charge in [-0.1, -0.05) is 20.8 Å². The first kappa shape index (κ1) is 20.1. The van der Waals surface area contributed by atoms with Crippen LogP contribution in [0.1, 0.15) is 39.4 Å². The Bertz CT molecular complexity index is 435. The topological polar surface area (TPSA) is 58.3 Å². The molecule has 0 amide bonds. The van der Waals surface area contributed by atoms with Gasteiger partial charge in [0.2, 0.25) is 0 Å². The van der Waals surface area contributed by atoms with Gasteiger partial charge >= 0.3 is 0 Å². The van der Waals surface area contributed by atoms with Crippen molar-refractivity contribution in [3.05, 3.63) is 12.2 Å². The summed E-state index contributed by atoms with van der Waals surface area (Å²) in [6, 6.07) is 0. The molecule has 0 saturated heterocycles. The molecule has 1 aromatic rings. The van der Waals surface area contributed by atoms with E-state index in [0.717, 1.165) is 24.7 Å². The largest absolute Gasteiger partial charge is 0.356 e.